The molecule has 188 valence electrons. The standard InChI is InChI=1S/C35H38NO/c1-20(2)24-17-18-36(8)30(19-24)31-23(7)13-14-25-26-15-16-29-32(34(26)37-33(25)31)27-11-9-10-12-28(27)35(29,21(3)4)22(5)6/h9-22H,1-8H3/q+1. The number of nitrogens with zero attached hydrogens (tertiary/aromatic N) is 1. The summed E-state index contributed by atoms with van der Waals surface area (Å²) in [5.74, 6) is 1.40. The highest BCUT2D eigenvalue weighted by atomic mass is 16.3. The van der Waals surface area contributed by atoms with Gasteiger partial charge in [0.2, 0.25) is 5.69 Å². The van der Waals surface area contributed by atoms with Crippen LogP contribution in [0.5, 0.6) is 0 Å². The van der Waals surface area contributed by atoms with Gasteiger partial charge in [-0.05, 0) is 52.5 Å². The van der Waals surface area contributed by atoms with Crippen LogP contribution in [-0.4, -0.2) is 0 Å². The van der Waals surface area contributed by atoms with Crippen LogP contribution in [0.15, 0.2) is 71.3 Å². The first kappa shape index (κ1) is 24.0. The Kier molecular flexibility index (Phi) is 5.39. The molecular weight excluding hydrogens is 450 g/mol. The van der Waals surface area contributed by atoms with Crippen molar-refractivity contribution in [3.8, 4) is 22.4 Å². The predicted molar refractivity (Wildman–Crippen MR) is 155 cm³/mol. The van der Waals surface area contributed by atoms with Crippen LogP contribution in [-0.2, 0) is 12.5 Å². The van der Waals surface area contributed by atoms with Gasteiger partial charge in [-0.1, -0.05) is 90.1 Å². The van der Waals surface area contributed by atoms with Crippen molar-refractivity contribution < 1.29 is 8.98 Å². The molecular formula is C35H38NO+. The average molecular weight is 489 g/mol. The number of aryl methyl sites for hydroxylation is 2. The van der Waals surface area contributed by atoms with Crippen molar-refractivity contribution in [3.05, 3.63) is 89.1 Å². The molecule has 1 aliphatic carbocycles. The maximum atomic E-state index is 7.01. The van der Waals surface area contributed by atoms with Crippen LogP contribution in [0.4, 0.5) is 0 Å². The molecule has 0 radical (unpaired) electrons. The molecule has 0 aliphatic heterocycles. The van der Waals surface area contributed by atoms with E-state index >= 15 is 0 Å². The summed E-state index contributed by atoms with van der Waals surface area (Å²) in [5, 5.41) is 2.40. The lowest BCUT2D eigenvalue weighted by molar-refractivity contribution is -0.660. The number of hydrogen-bond donors (Lipinski definition) is 0. The summed E-state index contributed by atoms with van der Waals surface area (Å²) in [4.78, 5) is 0. The summed E-state index contributed by atoms with van der Waals surface area (Å²) in [6, 6.07) is 22.8. The molecule has 0 saturated carbocycles. The number of rotatable bonds is 4. The number of aromatic nitrogens is 1. The second-order valence-corrected chi connectivity index (χ2v) is 11.9. The van der Waals surface area contributed by atoms with E-state index in [9.17, 15) is 0 Å². The maximum absolute atomic E-state index is 7.01. The zero-order valence-electron chi connectivity index (χ0n) is 23.4. The van der Waals surface area contributed by atoms with E-state index in [1.807, 2.05) is 0 Å². The molecule has 0 bridgehead atoms. The number of pyridine rings is 1. The zero-order valence-corrected chi connectivity index (χ0v) is 23.4. The van der Waals surface area contributed by atoms with E-state index in [2.05, 4.69) is 127 Å². The van der Waals surface area contributed by atoms with Crippen molar-refractivity contribution in [2.45, 2.75) is 59.8 Å². The third-order valence-electron chi connectivity index (χ3n) is 9.02. The SMILES string of the molecule is Cc1ccc2c(oc3c4c(ccc32)C(C(C)C)(C(C)C)c2ccccc2-4)c1-c1cc(C(C)C)cc[n+]1C. The van der Waals surface area contributed by atoms with Crippen molar-refractivity contribution in [1.82, 2.24) is 0 Å². The summed E-state index contributed by atoms with van der Waals surface area (Å²) in [6.07, 6.45) is 2.18. The number of hydrogen-bond acceptors (Lipinski definition) is 1. The molecule has 2 nitrogen and oxygen atoms in total. The smallest absolute Gasteiger partial charge is 0.216 e. The van der Waals surface area contributed by atoms with Gasteiger partial charge < -0.3 is 4.42 Å². The summed E-state index contributed by atoms with van der Waals surface area (Å²) in [5.41, 5.74) is 12.4. The third kappa shape index (κ3) is 3.14. The molecule has 0 N–H and O–H groups in total. The number of furan rings is 1. The molecule has 2 aromatic heterocycles. The monoisotopic (exact) mass is 488 g/mol. The summed E-state index contributed by atoms with van der Waals surface area (Å²) in [6.45, 7) is 16.2. The Morgan fingerprint density at radius 1 is 0.730 bits per heavy atom. The third-order valence-corrected chi connectivity index (χ3v) is 9.02. The molecule has 0 saturated heterocycles. The first-order chi connectivity index (χ1) is 17.7. The number of fused-ring (bicyclic) bond motifs is 7. The lowest BCUT2D eigenvalue weighted by Crippen LogP contribution is -2.37. The summed E-state index contributed by atoms with van der Waals surface area (Å²) in [7, 11) is 2.13. The topological polar surface area (TPSA) is 17.0 Å². The van der Waals surface area contributed by atoms with Crippen LogP contribution in [0.2, 0.25) is 0 Å². The maximum Gasteiger partial charge on any atom is 0.216 e. The fourth-order valence-corrected chi connectivity index (χ4v) is 7.24. The fraction of sp³-hybridized carbons (Fsp3) is 0.343. The molecule has 0 fully saturated rings. The van der Waals surface area contributed by atoms with Gasteiger partial charge in [0, 0.05) is 33.9 Å². The Balaban J connectivity index is 1.74. The van der Waals surface area contributed by atoms with E-state index in [0.29, 0.717) is 17.8 Å². The minimum absolute atomic E-state index is 0.0319. The highest BCUT2D eigenvalue weighted by Crippen LogP contribution is 2.58. The first-order valence-corrected chi connectivity index (χ1v) is 13.8. The second-order valence-electron chi connectivity index (χ2n) is 11.9. The normalized spacial score (nSPS) is 14.4. The van der Waals surface area contributed by atoms with Crippen LogP contribution in [0, 0.1) is 18.8 Å². The largest absolute Gasteiger partial charge is 0.454 e. The lowest BCUT2D eigenvalue weighted by Gasteiger charge is -2.40. The van der Waals surface area contributed by atoms with Gasteiger partial charge >= 0.3 is 0 Å². The molecule has 1 aliphatic rings. The van der Waals surface area contributed by atoms with Crippen LogP contribution in [0.1, 0.15) is 69.7 Å². The molecule has 3 aromatic carbocycles. The van der Waals surface area contributed by atoms with Gasteiger partial charge in [0.1, 0.15) is 18.2 Å². The van der Waals surface area contributed by atoms with Gasteiger partial charge in [0.15, 0.2) is 6.20 Å². The molecule has 5 aromatic rings. The Bertz CT molecular complexity index is 1670. The van der Waals surface area contributed by atoms with Crippen LogP contribution in [0.25, 0.3) is 44.3 Å². The molecule has 6 rings (SSSR count). The molecule has 0 spiro atoms. The lowest BCUT2D eigenvalue weighted by atomic mass is 9.63. The second kappa shape index (κ2) is 8.31. The quantitative estimate of drug-likeness (QED) is 0.231. The van der Waals surface area contributed by atoms with Crippen molar-refractivity contribution in [3.63, 3.8) is 0 Å². The van der Waals surface area contributed by atoms with Crippen LogP contribution in [0.3, 0.4) is 0 Å². The van der Waals surface area contributed by atoms with E-state index in [1.54, 1.807) is 0 Å². The van der Waals surface area contributed by atoms with Crippen LogP contribution >= 0.6 is 0 Å². The van der Waals surface area contributed by atoms with Gasteiger partial charge in [-0.2, -0.15) is 0 Å². The summed E-state index contributed by atoms with van der Waals surface area (Å²) >= 11 is 0. The van der Waals surface area contributed by atoms with E-state index in [-0.39, 0.29) is 5.41 Å². The average Bonchev–Trinajstić information content (AvgIpc) is 3.38. The van der Waals surface area contributed by atoms with Gasteiger partial charge in [-0.25, -0.2) is 4.57 Å². The zero-order chi connectivity index (χ0) is 26.2. The predicted octanol–water partition coefficient (Wildman–Crippen LogP) is 9.09. The van der Waals surface area contributed by atoms with Crippen molar-refractivity contribution in [2.24, 2.45) is 18.9 Å². The van der Waals surface area contributed by atoms with Gasteiger partial charge in [0.05, 0.1) is 5.56 Å². The Hall–Kier alpha value is -3.39. The Morgan fingerprint density at radius 2 is 1.38 bits per heavy atom. The Morgan fingerprint density at radius 3 is 2.05 bits per heavy atom. The van der Waals surface area contributed by atoms with Crippen molar-refractivity contribution in [1.29, 1.82) is 0 Å². The van der Waals surface area contributed by atoms with E-state index < -0.39 is 0 Å². The highest BCUT2D eigenvalue weighted by molar-refractivity contribution is 6.14. The van der Waals surface area contributed by atoms with Crippen LogP contribution < -0.4 is 4.57 Å². The fourth-order valence-electron chi connectivity index (χ4n) is 7.24. The van der Waals surface area contributed by atoms with E-state index in [1.165, 1.54) is 55.4 Å². The molecule has 0 unspecified atom stereocenters. The van der Waals surface area contributed by atoms with Gasteiger partial charge in [-0.3, -0.25) is 0 Å². The van der Waals surface area contributed by atoms with E-state index in [0.717, 1.165) is 11.2 Å². The van der Waals surface area contributed by atoms with Gasteiger partial charge in [0.25, 0.3) is 0 Å². The molecule has 37 heavy (non-hydrogen) atoms. The first-order valence-electron chi connectivity index (χ1n) is 13.8. The van der Waals surface area contributed by atoms with E-state index in [4.69, 9.17) is 4.42 Å². The Labute approximate surface area is 221 Å². The minimum atomic E-state index is -0.0319. The molecule has 2 heterocycles. The summed E-state index contributed by atoms with van der Waals surface area (Å²) < 4.78 is 9.24. The van der Waals surface area contributed by atoms with Crippen molar-refractivity contribution >= 4 is 21.9 Å². The molecule has 0 atom stereocenters. The molecule has 0 amide bonds. The van der Waals surface area contributed by atoms with Crippen molar-refractivity contribution in [2.75, 3.05) is 0 Å². The minimum Gasteiger partial charge on any atom is -0.454 e. The van der Waals surface area contributed by atoms with Gasteiger partial charge in [-0.15, -0.1) is 0 Å². The number of benzene rings is 3. The molecule has 2 heteroatoms. The highest BCUT2D eigenvalue weighted by Gasteiger charge is 2.48.